The van der Waals surface area contributed by atoms with Gasteiger partial charge in [0.15, 0.2) is 0 Å². The van der Waals surface area contributed by atoms with Gasteiger partial charge in [-0.2, -0.15) is 0 Å². The molecule has 12 nitrogen and oxygen atoms in total. The third kappa shape index (κ3) is 5.89. The van der Waals surface area contributed by atoms with Crippen LogP contribution in [-0.2, 0) is 35.9 Å². The zero-order chi connectivity index (χ0) is 34.4. The standard InChI is InChI=1S/C38H48N6O6/c1-2-38-30(37(48)43-15-13-42(14-16-43)35(46)25-5-6-25)22-27(24-33(45)39-10-12-41-17-20-49-21-18-41)36(47)44(38)11-9-29-28-8-7-26(32-4-3-19-50-32)23-31(28)40-34(29)38/h3-4,7-8,19,23,25,27,30,40H,2,5-6,9-18,20-22,24H2,1H3,(H,39,45)/t27-,30-,38+/m1/s1. The van der Waals surface area contributed by atoms with Crippen LogP contribution in [-0.4, -0.2) is 120 Å². The average Bonchev–Trinajstić information content (AvgIpc) is 3.71. The molecule has 8 rings (SSSR count). The van der Waals surface area contributed by atoms with Crippen LogP contribution in [0.25, 0.3) is 22.2 Å². The Labute approximate surface area is 292 Å². The first-order valence-electron chi connectivity index (χ1n) is 18.5. The van der Waals surface area contributed by atoms with Gasteiger partial charge in [-0.15, -0.1) is 0 Å². The Kier molecular flexibility index (Phi) is 8.93. The number of hydrogen-bond donors (Lipinski definition) is 2. The number of nitrogens with one attached hydrogen (secondary N) is 2. The summed E-state index contributed by atoms with van der Waals surface area (Å²) in [7, 11) is 0. The Morgan fingerprint density at radius 3 is 2.44 bits per heavy atom. The van der Waals surface area contributed by atoms with Crippen molar-refractivity contribution in [3.8, 4) is 11.3 Å². The van der Waals surface area contributed by atoms with Crippen molar-refractivity contribution in [1.82, 2.24) is 29.9 Å². The summed E-state index contributed by atoms with van der Waals surface area (Å²) in [6.07, 6.45) is 5.14. The monoisotopic (exact) mass is 684 g/mol. The van der Waals surface area contributed by atoms with Crippen LogP contribution in [0.15, 0.2) is 41.0 Å². The number of piperazine rings is 1. The van der Waals surface area contributed by atoms with Crippen molar-refractivity contribution in [3.63, 3.8) is 0 Å². The van der Waals surface area contributed by atoms with Crippen molar-refractivity contribution in [1.29, 1.82) is 0 Å². The SMILES string of the molecule is CC[C@]12c3[nH]c4cc(-c5ccco5)ccc4c3CCN1C(=O)[C@@H](CC(=O)NCCN1CCOCC1)C[C@@H]2C(=O)N1CCN(C(=O)C2CC2)CC1. The maximum absolute atomic E-state index is 14.9. The van der Waals surface area contributed by atoms with E-state index in [9.17, 15) is 19.2 Å². The van der Waals surface area contributed by atoms with E-state index in [0.29, 0.717) is 71.7 Å². The molecular formula is C38H48N6O6. The summed E-state index contributed by atoms with van der Waals surface area (Å²) >= 11 is 0. The predicted molar refractivity (Wildman–Crippen MR) is 186 cm³/mol. The fourth-order valence-electron chi connectivity index (χ4n) is 9.03. The zero-order valence-electron chi connectivity index (χ0n) is 29.0. The van der Waals surface area contributed by atoms with Crippen LogP contribution < -0.4 is 5.32 Å². The number of ether oxygens (including phenoxy) is 1. The lowest BCUT2D eigenvalue weighted by molar-refractivity contribution is -0.167. The smallest absolute Gasteiger partial charge is 0.228 e. The minimum absolute atomic E-state index is 0.00313. The van der Waals surface area contributed by atoms with Crippen molar-refractivity contribution in [3.05, 3.63) is 47.9 Å². The molecule has 6 heterocycles. The molecule has 0 bridgehead atoms. The molecule has 1 aliphatic carbocycles. The minimum atomic E-state index is -0.879. The second kappa shape index (κ2) is 13.5. The number of morpholine rings is 1. The molecule has 2 N–H and O–H groups in total. The van der Waals surface area contributed by atoms with Gasteiger partial charge in [0.05, 0.1) is 30.9 Å². The summed E-state index contributed by atoms with van der Waals surface area (Å²) in [5, 5.41) is 4.13. The zero-order valence-corrected chi connectivity index (χ0v) is 29.0. The molecule has 50 heavy (non-hydrogen) atoms. The topological polar surface area (TPSA) is 131 Å². The lowest BCUT2D eigenvalue weighted by atomic mass is 9.65. The van der Waals surface area contributed by atoms with Crippen molar-refractivity contribution in [2.45, 2.75) is 51.0 Å². The molecule has 0 spiro atoms. The van der Waals surface area contributed by atoms with E-state index in [1.165, 1.54) is 0 Å². The van der Waals surface area contributed by atoms with E-state index in [0.717, 1.165) is 66.0 Å². The first-order valence-corrected chi connectivity index (χ1v) is 18.5. The van der Waals surface area contributed by atoms with Crippen LogP contribution in [0.4, 0.5) is 0 Å². The third-order valence-corrected chi connectivity index (χ3v) is 11.9. The molecule has 0 radical (unpaired) electrons. The number of rotatable bonds is 9. The van der Waals surface area contributed by atoms with Crippen molar-refractivity contribution in [2.24, 2.45) is 17.8 Å². The predicted octanol–water partition coefficient (Wildman–Crippen LogP) is 2.97. The Morgan fingerprint density at radius 2 is 1.74 bits per heavy atom. The fraction of sp³-hybridized carbons (Fsp3) is 0.579. The lowest BCUT2D eigenvalue weighted by Gasteiger charge is -2.56. The molecule has 4 fully saturated rings. The number of aromatic nitrogens is 1. The summed E-state index contributed by atoms with van der Waals surface area (Å²) < 4.78 is 11.1. The summed E-state index contributed by atoms with van der Waals surface area (Å²) in [6, 6.07) is 10.1. The van der Waals surface area contributed by atoms with Crippen molar-refractivity contribution in [2.75, 3.05) is 72.1 Å². The van der Waals surface area contributed by atoms with Gasteiger partial charge >= 0.3 is 0 Å². The molecule has 1 aromatic carbocycles. The van der Waals surface area contributed by atoms with Crippen LogP contribution in [0.1, 0.15) is 50.3 Å². The van der Waals surface area contributed by atoms with Gasteiger partial charge < -0.3 is 34.2 Å². The number of benzene rings is 1. The maximum Gasteiger partial charge on any atom is 0.228 e. The molecule has 3 atom stereocenters. The molecule has 12 heteroatoms. The molecule has 1 saturated carbocycles. The van der Waals surface area contributed by atoms with Crippen LogP contribution >= 0.6 is 0 Å². The van der Waals surface area contributed by atoms with Gasteiger partial charge in [0, 0.05) is 99.3 Å². The highest BCUT2D eigenvalue weighted by Gasteiger charge is 2.59. The second-order valence-electron chi connectivity index (χ2n) is 14.7. The number of carbonyl (C=O) groups is 4. The Balaban J connectivity index is 1.09. The average molecular weight is 685 g/mol. The number of aromatic amines is 1. The third-order valence-electron chi connectivity index (χ3n) is 11.9. The summed E-state index contributed by atoms with van der Waals surface area (Å²) in [6.45, 7) is 8.88. The molecule has 0 unspecified atom stereocenters. The molecular weight excluding hydrogens is 636 g/mol. The number of piperidine rings is 1. The van der Waals surface area contributed by atoms with Gasteiger partial charge in [0.1, 0.15) is 5.76 Å². The highest BCUT2D eigenvalue weighted by atomic mass is 16.5. The molecule has 3 saturated heterocycles. The molecule has 5 aliphatic rings. The molecule has 4 amide bonds. The Hall–Kier alpha value is -4.16. The second-order valence-corrected chi connectivity index (χ2v) is 14.7. The molecule has 4 aliphatic heterocycles. The fourth-order valence-corrected chi connectivity index (χ4v) is 9.03. The molecule has 2 aromatic heterocycles. The van der Waals surface area contributed by atoms with Crippen molar-refractivity contribution >= 4 is 34.5 Å². The van der Waals surface area contributed by atoms with Gasteiger partial charge in [0.25, 0.3) is 0 Å². The number of carbonyl (C=O) groups excluding carboxylic acids is 4. The Morgan fingerprint density at radius 1 is 0.980 bits per heavy atom. The highest BCUT2D eigenvalue weighted by Crippen LogP contribution is 2.52. The van der Waals surface area contributed by atoms with E-state index in [-0.39, 0.29) is 36.0 Å². The Bertz CT molecular complexity index is 1750. The van der Waals surface area contributed by atoms with E-state index < -0.39 is 17.4 Å². The van der Waals surface area contributed by atoms with E-state index in [1.807, 2.05) is 26.8 Å². The van der Waals surface area contributed by atoms with Gasteiger partial charge in [-0.3, -0.25) is 24.1 Å². The van der Waals surface area contributed by atoms with Gasteiger partial charge in [-0.25, -0.2) is 0 Å². The maximum atomic E-state index is 14.9. The minimum Gasteiger partial charge on any atom is -0.464 e. The molecule has 266 valence electrons. The molecule has 3 aromatic rings. The van der Waals surface area contributed by atoms with Crippen molar-refractivity contribution < 1.29 is 28.3 Å². The van der Waals surface area contributed by atoms with Gasteiger partial charge in [-0.1, -0.05) is 19.1 Å². The quantitative estimate of drug-likeness (QED) is 0.355. The van der Waals surface area contributed by atoms with E-state index >= 15 is 0 Å². The summed E-state index contributed by atoms with van der Waals surface area (Å²) in [5.41, 5.74) is 3.10. The summed E-state index contributed by atoms with van der Waals surface area (Å²) in [4.78, 5) is 67.2. The van der Waals surface area contributed by atoms with Gasteiger partial charge in [-0.05, 0) is 55.9 Å². The van der Waals surface area contributed by atoms with Gasteiger partial charge in [0.2, 0.25) is 23.6 Å². The first-order chi connectivity index (χ1) is 24.4. The van der Waals surface area contributed by atoms with E-state index in [4.69, 9.17) is 9.15 Å². The number of amides is 4. The number of furan rings is 1. The highest BCUT2D eigenvalue weighted by molar-refractivity contribution is 5.94. The lowest BCUT2D eigenvalue weighted by Crippen LogP contribution is -2.66. The number of hydrogen-bond acceptors (Lipinski definition) is 7. The van der Waals surface area contributed by atoms with E-state index in [1.54, 1.807) is 6.26 Å². The summed E-state index contributed by atoms with van der Waals surface area (Å²) in [5.74, 6) is -0.219. The normalized spacial score (nSPS) is 25.8. The number of H-pyrrole nitrogens is 1. The largest absolute Gasteiger partial charge is 0.464 e. The van der Waals surface area contributed by atoms with Crippen LogP contribution in [0, 0.1) is 17.8 Å². The number of nitrogens with zero attached hydrogens (tertiary/aromatic N) is 4. The van der Waals surface area contributed by atoms with Crippen LogP contribution in [0.2, 0.25) is 0 Å². The van der Waals surface area contributed by atoms with Crippen LogP contribution in [0.3, 0.4) is 0 Å². The van der Waals surface area contributed by atoms with E-state index in [2.05, 4.69) is 40.3 Å². The number of fused-ring (bicyclic) bond motifs is 5. The van der Waals surface area contributed by atoms with Crippen LogP contribution in [0.5, 0.6) is 0 Å². The first kappa shape index (κ1) is 33.0.